The largest absolute Gasteiger partial charge is 0.451 e. The van der Waals surface area contributed by atoms with Crippen molar-refractivity contribution in [2.45, 2.75) is 6.92 Å². The Morgan fingerprint density at radius 1 is 1.08 bits per heavy atom. The molecule has 122 valence electrons. The van der Waals surface area contributed by atoms with Gasteiger partial charge in [0.05, 0.1) is 0 Å². The summed E-state index contributed by atoms with van der Waals surface area (Å²) in [5.41, 5.74) is 1.06. The number of aryl methyl sites for hydroxylation is 1. The fourth-order valence-electron chi connectivity index (χ4n) is 2.32. The van der Waals surface area contributed by atoms with E-state index in [4.69, 9.17) is 9.15 Å². The van der Waals surface area contributed by atoms with Crippen LogP contribution in [0.1, 0.15) is 26.5 Å². The molecular weight excluding hydrogens is 318 g/mol. The fraction of sp³-hybridized carbons (Fsp3) is 0.111. The van der Waals surface area contributed by atoms with Crippen LogP contribution in [-0.2, 0) is 4.74 Å². The summed E-state index contributed by atoms with van der Waals surface area (Å²) in [6, 6.07) is 9.83. The van der Waals surface area contributed by atoms with Gasteiger partial charge >= 0.3 is 5.97 Å². The highest BCUT2D eigenvalue weighted by Gasteiger charge is 2.20. The van der Waals surface area contributed by atoms with Gasteiger partial charge in [0.1, 0.15) is 5.58 Å². The lowest BCUT2D eigenvalue weighted by Gasteiger charge is -2.04. The van der Waals surface area contributed by atoms with Gasteiger partial charge < -0.3 is 9.15 Å². The summed E-state index contributed by atoms with van der Waals surface area (Å²) in [6.45, 7) is 1.11. The molecule has 0 fully saturated rings. The third-order valence-corrected chi connectivity index (χ3v) is 3.61. The van der Waals surface area contributed by atoms with Gasteiger partial charge in [-0.05, 0) is 31.2 Å². The van der Waals surface area contributed by atoms with Gasteiger partial charge in [-0.25, -0.2) is 13.6 Å². The van der Waals surface area contributed by atoms with Crippen molar-refractivity contribution in [2.24, 2.45) is 0 Å². The second-order valence-electron chi connectivity index (χ2n) is 5.18. The summed E-state index contributed by atoms with van der Waals surface area (Å²) in [5.74, 6) is -3.62. The molecule has 0 radical (unpaired) electrons. The first kappa shape index (κ1) is 15.9. The molecule has 0 atom stereocenters. The molecule has 24 heavy (non-hydrogen) atoms. The number of esters is 1. The summed E-state index contributed by atoms with van der Waals surface area (Å²) in [6.07, 6.45) is 0. The molecule has 6 heteroatoms. The van der Waals surface area contributed by atoms with Crippen molar-refractivity contribution in [1.82, 2.24) is 0 Å². The number of para-hydroxylation sites is 1. The molecule has 1 heterocycles. The number of hydrogen-bond acceptors (Lipinski definition) is 4. The Morgan fingerprint density at radius 3 is 2.54 bits per heavy atom. The van der Waals surface area contributed by atoms with Crippen LogP contribution in [0.3, 0.4) is 0 Å². The number of Topliss-reactive ketones (excluding diaryl/α,β-unsaturated/α-hetero) is 1. The van der Waals surface area contributed by atoms with Crippen molar-refractivity contribution >= 4 is 22.7 Å². The Morgan fingerprint density at radius 2 is 1.83 bits per heavy atom. The minimum atomic E-state index is -1.14. The zero-order chi connectivity index (χ0) is 17.3. The predicted molar refractivity (Wildman–Crippen MR) is 81.9 cm³/mol. The van der Waals surface area contributed by atoms with E-state index in [0.717, 1.165) is 23.6 Å². The number of furan rings is 1. The first-order valence-corrected chi connectivity index (χ1v) is 7.11. The van der Waals surface area contributed by atoms with Gasteiger partial charge in [-0.2, -0.15) is 0 Å². The van der Waals surface area contributed by atoms with Gasteiger partial charge in [-0.3, -0.25) is 4.79 Å². The van der Waals surface area contributed by atoms with Crippen molar-refractivity contribution in [3.63, 3.8) is 0 Å². The summed E-state index contributed by atoms with van der Waals surface area (Å²) in [7, 11) is 0. The average Bonchev–Trinajstić information content (AvgIpc) is 2.92. The highest BCUT2D eigenvalue weighted by atomic mass is 19.2. The van der Waals surface area contributed by atoms with Gasteiger partial charge in [0, 0.05) is 16.5 Å². The minimum absolute atomic E-state index is 0.00860. The van der Waals surface area contributed by atoms with E-state index in [1.807, 2.05) is 6.07 Å². The third-order valence-electron chi connectivity index (χ3n) is 3.61. The van der Waals surface area contributed by atoms with E-state index < -0.39 is 30.0 Å². The van der Waals surface area contributed by atoms with Gasteiger partial charge in [-0.15, -0.1) is 0 Å². The molecule has 0 bridgehead atoms. The third kappa shape index (κ3) is 2.90. The molecule has 3 aromatic rings. The number of fused-ring (bicyclic) bond motifs is 1. The number of ketones is 1. The molecule has 3 rings (SSSR count). The molecule has 0 saturated carbocycles. The van der Waals surface area contributed by atoms with Gasteiger partial charge in [0.2, 0.25) is 5.76 Å². The van der Waals surface area contributed by atoms with Gasteiger partial charge in [-0.1, -0.05) is 18.2 Å². The molecule has 0 aliphatic carbocycles. The van der Waals surface area contributed by atoms with Crippen LogP contribution in [0.5, 0.6) is 0 Å². The Labute approximate surface area is 135 Å². The molecule has 0 amide bonds. The standard InChI is InChI=1S/C18H12F2O4/c1-10-12-4-2-3-5-16(12)24-17(10)18(22)23-9-15(21)11-6-7-13(19)14(20)8-11/h2-8H,9H2,1H3. The number of halogens is 2. The second kappa shape index (κ2) is 6.23. The van der Waals surface area contributed by atoms with E-state index in [2.05, 4.69) is 0 Å². The number of hydrogen-bond donors (Lipinski definition) is 0. The van der Waals surface area contributed by atoms with Crippen molar-refractivity contribution in [3.05, 3.63) is 71.0 Å². The molecule has 0 aliphatic rings. The molecule has 4 nitrogen and oxygen atoms in total. The molecule has 0 spiro atoms. The quantitative estimate of drug-likeness (QED) is 0.535. The number of ether oxygens (including phenoxy) is 1. The molecule has 0 unspecified atom stereocenters. The second-order valence-corrected chi connectivity index (χ2v) is 5.18. The first-order valence-electron chi connectivity index (χ1n) is 7.11. The topological polar surface area (TPSA) is 56.5 Å². The molecular formula is C18H12F2O4. The van der Waals surface area contributed by atoms with E-state index in [1.165, 1.54) is 0 Å². The summed E-state index contributed by atoms with van der Waals surface area (Å²) in [5, 5.41) is 0.774. The molecule has 1 aromatic heterocycles. The lowest BCUT2D eigenvalue weighted by molar-refractivity contribution is 0.0445. The van der Waals surface area contributed by atoms with Crippen LogP contribution < -0.4 is 0 Å². The van der Waals surface area contributed by atoms with Crippen LogP contribution >= 0.6 is 0 Å². The molecule has 0 aliphatic heterocycles. The van der Waals surface area contributed by atoms with Crippen molar-refractivity contribution in [2.75, 3.05) is 6.61 Å². The Balaban J connectivity index is 1.73. The van der Waals surface area contributed by atoms with Crippen molar-refractivity contribution in [3.8, 4) is 0 Å². The van der Waals surface area contributed by atoms with E-state index in [0.29, 0.717) is 11.1 Å². The Kier molecular flexibility index (Phi) is 4.12. The van der Waals surface area contributed by atoms with E-state index in [1.54, 1.807) is 25.1 Å². The normalized spacial score (nSPS) is 10.8. The lowest BCUT2D eigenvalue weighted by Crippen LogP contribution is -2.14. The highest BCUT2D eigenvalue weighted by molar-refractivity contribution is 6.00. The van der Waals surface area contributed by atoms with Crippen molar-refractivity contribution < 1.29 is 27.5 Å². The van der Waals surface area contributed by atoms with Crippen LogP contribution in [0.4, 0.5) is 8.78 Å². The zero-order valence-corrected chi connectivity index (χ0v) is 12.6. The fourth-order valence-corrected chi connectivity index (χ4v) is 2.32. The number of benzene rings is 2. The summed E-state index contributed by atoms with van der Waals surface area (Å²) >= 11 is 0. The van der Waals surface area contributed by atoms with Crippen molar-refractivity contribution in [1.29, 1.82) is 0 Å². The maximum atomic E-state index is 13.1. The molecule has 0 N–H and O–H groups in total. The van der Waals surface area contributed by atoms with Crippen LogP contribution in [0.25, 0.3) is 11.0 Å². The minimum Gasteiger partial charge on any atom is -0.451 e. The number of carbonyl (C=O) groups excluding carboxylic acids is 2. The SMILES string of the molecule is Cc1c(C(=O)OCC(=O)c2ccc(F)c(F)c2)oc2ccccc12. The van der Waals surface area contributed by atoms with Crippen LogP contribution in [0.15, 0.2) is 46.9 Å². The van der Waals surface area contributed by atoms with E-state index in [9.17, 15) is 18.4 Å². The first-order chi connectivity index (χ1) is 11.5. The maximum absolute atomic E-state index is 13.1. The van der Waals surface area contributed by atoms with Crippen LogP contribution in [0.2, 0.25) is 0 Å². The maximum Gasteiger partial charge on any atom is 0.375 e. The molecule has 2 aromatic carbocycles. The predicted octanol–water partition coefficient (Wildman–Crippen LogP) is 4.06. The molecule has 0 saturated heterocycles. The average molecular weight is 330 g/mol. The van der Waals surface area contributed by atoms with Gasteiger partial charge in [0.25, 0.3) is 0 Å². The lowest BCUT2D eigenvalue weighted by atomic mass is 10.1. The van der Waals surface area contributed by atoms with Gasteiger partial charge in [0.15, 0.2) is 24.0 Å². The monoisotopic (exact) mass is 330 g/mol. The highest BCUT2D eigenvalue weighted by Crippen LogP contribution is 2.25. The summed E-state index contributed by atoms with van der Waals surface area (Å²) < 4.78 is 36.3. The van der Waals surface area contributed by atoms with Crippen LogP contribution in [-0.4, -0.2) is 18.4 Å². The van der Waals surface area contributed by atoms with Crippen LogP contribution in [0, 0.1) is 18.6 Å². The van der Waals surface area contributed by atoms with E-state index >= 15 is 0 Å². The number of rotatable bonds is 4. The smallest absolute Gasteiger partial charge is 0.375 e. The number of carbonyl (C=O) groups is 2. The Hall–Kier alpha value is -3.02. The summed E-state index contributed by atoms with van der Waals surface area (Å²) in [4.78, 5) is 24.0. The van der Waals surface area contributed by atoms with E-state index in [-0.39, 0.29) is 11.3 Å². The zero-order valence-electron chi connectivity index (χ0n) is 12.6. The Bertz CT molecular complexity index is 943.